The van der Waals surface area contributed by atoms with Crippen molar-refractivity contribution in [3.8, 4) is 0 Å². The highest BCUT2D eigenvalue weighted by molar-refractivity contribution is 7.89. The number of fused-ring (bicyclic) bond motifs is 1. The van der Waals surface area contributed by atoms with Gasteiger partial charge in [0.2, 0.25) is 27.6 Å². The molecule has 49 heavy (non-hydrogen) atoms. The molecular weight excluding hydrogens is 648 g/mol. The Bertz CT molecular complexity index is 1550. The van der Waals surface area contributed by atoms with Gasteiger partial charge < -0.3 is 26.6 Å². The Labute approximate surface area is 290 Å². The molecule has 0 bridgehead atoms. The minimum absolute atomic E-state index is 0.0441. The van der Waals surface area contributed by atoms with Crippen molar-refractivity contribution in [2.75, 3.05) is 13.1 Å². The molecule has 2 saturated carbocycles. The van der Waals surface area contributed by atoms with E-state index in [4.69, 9.17) is 5.73 Å². The first-order valence-corrected chi connectivity index (χ1v) is 18.7. The molecule has 3 aliphatic rings. The van der Waals surface area contributed by atoms with E-state index in [0.717, 1.165) is 6.42 Å². The highest BCUT2D eigenvalue weighted by Crippen LogP contribution is 2.65. The van der Waals surface area contributed by atoms with Crippen LogP contribution in [0.25, 0.3) is 0 Å². The maximum absolute atomic E-state index is 14.4. The number of primary amides is 1. The van der Waals surface area contributed by atoms with Gasteiger partial charge in [0.15, 0.2) is 0 Å². The number of nitrogens with two attached hydrogens (primary N) is 1. The van der Waals surface area contributed by atoms with Gasteiger partial charge in [0.25, 0.3) is 5.91 Å². The lowest BCUT2D eigenvalue weighted by atomic mass is 9.78. The molecule has 272 valence electrons. The number of urea groups is 1. The van der Waals surface area contributed by atoms with Crippen LogP contribution >= 0.6 is 0 Å². The molecule has 2 unspecified atom stereocenters. The van der Waals surface area contributed by atoms with Crippen LogP contribution in [0.2, 0.25) is 0 Å². The quantitative estimate of drug-likeness (QED) is 0.183. The molecule has 1 saturated heterocycles. The third-order valence-electron chi connectivity index (χ3n) is 10.6. The van der Waals surface area contributed by atoms with Crippen molar-refractivity contribution in [2.24, 2.45) is 40.2 Å². The van der Waals surface area contributed by atoms with E-state index in [1.165, 1.54) is 17.0 Å². The summed E-state index contributed by atoms with van der Waals surface area (Å²) in [6.45, 7) is 15.4. The van der Waals surface area contributed by atoms with Crippen LogP contribution in [0.3, 0.4) is 0 Å². The summed E-state index contributed by atoms with van der Waals surface area (Å²) in [5.41, 5.74) is 3.31. The Balaban J connectivity index is 1.53. The third-order valence-corrected chi connectivity index (χ3v) is 12.0. The highest BCUT2D eigenvalue weighted by atomic mass is 32.2. The number of sulfonamides is 1. The number of likely N-dealkylation sites (tertiary alicyclic amines) is 1. The van der Waals surface area contributed by atoms with E-state index in [1.807, 2.05) is 48.5 Å². The summed E-state index contributed by atoms with van der Waals surface area (Å²) in [6, 6.07) is 4.30. The largest absolute Gasteiger partial charge is 0.363 e. The highest BCUT2D eigenvalue weighted by Gasteiger charge is 2.70. The van der Waals surface area contributed by atoms with Gasteiger partial charge in [-0.2, -0.15) is 0 Å². The van der Waals surface area contributed by atoms with Crippen LogP contribution < -0.4 is 26.4 Å². The van der Waals surface area contributed by atoms with Gasteiger partial charge in [0, 0.05) is 13.1 Å². The van der Waals surface area contributed by atoms with Crippen molar-refractivity contribution in [3.63, 3.8) is 0 Å². The van der Waals surface area contributed by atoms with Crippen molar-refractivity contribution >= 4 is 39.6 Å². The summed E-state index contributed by atoms with van der Waals surface area (Å²) in [7, 11) is -3.85. The molecule has 4 rings (SSSR count). The fourth-order valence-corrected chi connectivity index (χ4v) is 8.83. The number of amides is 5. The van der Waals surface area contributed by atoms with E-state index in [9.17, 15) is 32.4 Å². The summed E-state index contributed by atoms with van der Waals surface area (Å²) in [4.78, 5) is 68.1. The molecule has 6 atom stereocenters. The maximum Gasteiger partial charge on any atom is 0.315 e. The minimum atomic E-state index is -3.85. The lowest BCUT2D eigenvalue weighted by Gasteiger charge is -2.39. The number of benzene rings is 1. The number of carbonyl (C=O) groups is 5. The molecular formula is C35H54N6O7S. The average Bonchev–Trinajstić information content (AvgIpc) is 3.28. The molecule has 1 aliphatic heterocycles. The van der Waals surface area contributed by atoms with Gasteiger partial charge in [-0.3, -0.25) is 19.2 Å². The van der Waals surface area contributed by atoms with Gasteiger partial charge in [0.05, 0.1) is 10.4 Å². The second kappa shape index (κ2) is 14.0. The minimum Gasteiger partial charge on any atom is -0.363 e. The summed E-state index contributed by atoms with van der Waals surface area (Å²) in [5.74, 6) is -3.12. The van der Waals surface area contributed by atoms with Gasteiger partial charge in [-0.05, 0) is 72.8 Å². The Morgan fingerprint density at radius 3 is 2.12 bits per heavy atom. The number of Topliss-reactive ketones (excluding diaryl/α,β-unsaturated/α-hetero) is 1. The molecule has 0 aromatic heterocycles. The fraction of sp³-hybridized carbons (Fsp3) is 0.686. The lowest BCUT2D eigenvalue weighted by molar-refractivity contribution is -0.145. The molecule has 14 heteroatoms. The molecule has 6 N–H and O–H groups in total. The van der Waals surface area contributed by atoms with E-state index in [2.05, 4.69) is 20.7 Å². The Hall–Kier alpha value is -3.52. The monoisotopic (exact) mass is 702 g/mol. The van der Waals surface area contributed by atoms with Gasteiger partial charge in [-0.15, -0.1) is 0 Å². The summed E-state index contributed by atoms with van der Waals surface area (Å²) in [6.07, 6.45) is 2.68. The zero-order valence-corrected chi connectivity index (χ0v) is 30.8. The van der Waals surface area contributed by atoms with Crippen LogP contribution in [0.15, 0.2) is 35.2 Å². The van der Waals surface area contributed by atoms with Crippen LogP contribution in [0.1, 0.15) is 81.1 Å². The van der Waals surface area contributed by atoms with Crippen molar-refractivity contribution < 1.29 is 32.4 Å². The standard InChI is InChI=1S/C35H54N6O7S/c1-20(2)17-35(8,19-37-49(47,48)22-15-10-9-11-16-22)40-32(46)39-28(33(3,4)5)31(45)41-18-23-24(34(23,6)7)26(41)30(44)38-25(21-13-12-14-21)27(42)29(36)43/h9-11,15-16,20-21,23-26,28,37H,12-14,17-19H2,1-8H3,(H2,36,43)(H,38,44)(H2,39,40,46)/t23-,24-,25?,26-,28+,35?/m0/s1. The number of ketones is 1. The topological polar surface area (TPSA) is 197 Å². The van der Waals surface area contributed by atoms with Gasteiger partial charge in [-0.25, -0.2) is 17.9 Å². The number of hydrogen-bond donors (Lipinski definition) is 5. The molecule has 1 heterocycles. The zero-order valence-electron chi connectivity index (χ0n) is 30.0. The van der Waals surface area contributed by atoms with E-state index < -0.39 is 68.6 Å². The van der Waals surface area contributed by atoms with E-state index >= 15 is 0 Å². The van der Waals surface area contributed by atoms with E-state index in [1.54, 1.807) is 25.1 Å². The predicted molar refractivity (Wildman–Crippen MR) is 184 cm³/mol. The fourth-order valence-electron chi connectivity index (χ4n) is 7.64. The summed E-state index contributed by atoms with van der Waals surface area (Å²) >= 11 is 0. The van der Waals surface area contributed by atoms with Crippen molar-refractivity contribution in [1.29, 1.82) is 0 Å². The van der Waals surface area contributed by atoms with Crippen molar-refractivity contribution in [2.45, 2.75) is 110 Å². The van der Waals surface area contributed by atoms with Crippen LogP contribution in [0.5, 0.6) is 0 Å². The van der Waals surface area contributed by atoms with Gasteiger partial charge >= 0.3 is 6.03 Å². The number of piperidine rings is 1. The van der Waals surface area contributed by atoms with Gasteiger partial charge in [0.1, 0.15) is 18.1 Å². The SMILES string of the molecule is CC(C)CC(C)(CNS(=O)(=O)c1ccccc1)NC(=O)N[C@H](C(=O)N1C[C@H]2[C@@H]([C@H]1C(=O)NC(C(=O)C(N)=O)C1CCC1)C2(C)C)C(C)(C)C. The van der Waals surface area contributed by atoms with E-state index in [-0.39, 0.29) is 40.5 Å². The smallest absolute Gasteiger partial charge is 0.315 e. The summed E-state index contributed by atoms with van der Waals surface area (Å²) < 4.78 is 28.6. The molecule has 2 aliphatic carbocycles. The van der Waals surface area contributed by atoms with Crippen molar-refractivity contribution in [3.05, 3.63) is 30.3 Å². The molecule has 0 radical (unpaired) electrons. The molecule has 13 nitrogen and oxygen atoms in total. The van der Waals surface area contributed by atoms with E-state index in [0.29, 0.717) is 25.8 Å². The van der Waals surface area contributed by atoms with Crippen LogP contribution in [0, 0.1) is 34.5 Å². The molecule has 1 aromatic rings. The second-order valence-electron chi connectivity index (χ2n) is 16.5. The average molecular weight is 703 g/mol. The number of carbonyl (C=O) groups excluding carboxylic acids is 5. The van der Waals surface area contributed by atoms with Crippen LogP contribution in [-0.4, -0.2) is 79.6 Å². The first-order valence-electron chi connectivity index (χ1n) is 17.2. The van der Waals surface area contributed by atoms with Gasteiger partial charge in [-0.1, -0.05) is 73.1 Å². The maximum atomic E-state index is 14.4. The molecule has 5 amide bonds. The number of hydrogen-bond acceptors (Lipinski definition) is 7. The third kappa shape index (κ3) is 8.45. The Morgan fingerprint density at radius 2 is 1.61 bits per heavy atom. The number of nitrogens with one attached hydrogen (secondary N) is 4. The first kappa shape index (κ1) is 38.3. The first-order chi connectivity index (χ1) is 22.6. The molecule has 0 spiro atoms. The zero-order chi connectivity index (χ0) is 36.7. The van der Waals surface area contributed by atoms with Crippen LogP contribution in [0.4, 0.5) is 4.79 Å². The lowest BCUT2D eigenvalue weighted by Crippen LogP contribution is -2.64. The predicted octanol–water partition coefficient (Wildman–Crippen LogP) is 2.31. The summed E-state index contributed by atoms with van der Waals surface area (Å²) in [5, 5.41) is 8.56. The molecule has 1 aromatic carbocycles. The molecule has 3 fully saturated rings. The second-order valence-corrected chi connectivity index (χ2v) is 18.3. The number of rotatable bonds is 14. The van der Waals surface area contributed by atoms with Crippen molar-refractivity contribution in [1.82, 2.24) is 25.6 Å². The normalized spacial score (nSPS) is 24.1. The Morgan fingerprint density at radius 1 is 1.00 bits per heavy atom. The Kier molecular flexibility index (Phi) is 10.9. The number of nitrogens with zero attached hydrogens (tertiary/aromatic N) is 1. The van der Waals surface area contributed by atoms with Crippen LogP contribution in [-0.2, 0) is 29.2 Å².